The quantitative estimate of drug-likeness (QED) is 0.855. The van der Waals surface area contributed by atoms with Crippen LogP contribution in [0.25, 0.3) is 0 Å². The van der Waals surface area contributed by atoms with Crippen LogP contribution >= 0.6 is 23.4 Å². The van der Waals surface area contributed by atoms with E-state index in [4.69, 9.17) is 11.6 Å². The van der Waals surface area contributed by atoms with Crippen LogP contribution in [0, 0.1) is 5.82 Å². The van der Waals surface area contributed by atoms with Crippen LogP contribution in [0.3, 0.4) is 0 Å². The summed E-state index contributed by atoms with van der Waals surface area (Å²) in [5, 5.41) is 4.02. The molecule has 0 unspecified atom stereocenters. The molecule has 1 N–H and O–H groups in total. The third kappa shape index (κ3) is 4.23. The van der Waals surface area contributed by atoms with E-state index in [2.05, 4.69) is 12.2 Å². The Morgan fingerprint density at radius 3 is 2.58 bits per heavy atom. The normalized spacial score (nSPS) is 10.7. The fraction of sp³-hybridized carbons (Fsp3) is 0.200. The summed E-state index contributed by atoms with van der Waals surface area (Å²) in [7, 11) is 0. The van der Waals surface area contributed by atoms with Crippen LogP contribution in [0.1, 0.15) is 12.5 Å². The Kier molecular flexibility index (Phi) is 5.25. The van der Waals surface area contributed by atoms with Gasteiger partial charge in [-0.25, -0.2) is 4.39 Å². The molecule has 0 fully saturated rings. The van der Waals surface area contributed by atoms with Gasteiger partial charge in [-0.2, -0.15) is 0 Å². The minimum absolute atomic E-state index is 0.219. The summed E-state index contributed by atoms with van der Waals surface area (Å²) in [5.41, 5.74) is 1.19. The predicted molar refractivity (Wildman–Crippen MR) is 79.4 cm³/mol. The molecule has 0 atom stereocenters. The number of benzene rings is 2. The minimum Gasteiger partial charge on any atom is -0.313 e. The molecule has 2 aromatic rings. The largest absolute Gasteiger partial charge is 0.313 e. The van der Waals surface area contributed by atoms with Gasteiger partial charge in [0.05, 0.1) is 0 Å². The number of nitrogens with one attached hydrogen (secondary N) is 1. The van der Waals surface area contributed by atoms with Gasteiger partial charge in [0, 0.05) is 21.4 Å². The van der Waals surface area contributed by atoms with Crippen molar-refractivity contribution in [2.45, 2.75) is 23.3 Å². The molecule has 19 heavy (non-hydrogen) atoms. The molecule has 0 radical (unpaired) electrons. The van der Waals surface area contributed by atoms with E-state index in [0.29, 0.717) is 5.02 Å². The SMILES string of the molecule is CCNCc1ccc(Cl)cc1Sc1ccc(F)cc1. The van der Waals surface area contributed by atoms with Crippen molar-refractivity contribution in [3.63, 3.8) is 0 Å². The zero-order valence-corrected chi connectivity index (χ0v) is 12.2. The second-order valence-electron chi connectivity index (χ2n) is 4.09. The van der Waals surface area contributed by atoms with Gasteiger partial charge in [0.2, 0.25) is 0 Å². The van der Waals surface area contributed by atoms with E-state index in [1.165, 1.54) is 17.7 Å². The lowest BCUT2D eigenvalue weighted by Gasteiger charge is -2.10. The molecule has 0 saturated carbocycles. The first-order valence-electron chi connectivity index (χ1n) is 6.11. The molecule has 0 spiro atoms. The van der Waals surface area contributed by atoms with Gasteiger partial charge in [-0.15, -0.1) is 0 Å². The first-order chi connectivity index (χ1) is 9.19. The van der Waals surface area contributed by atoms with Gasteiger partial charge in [-0.05, 0) is 48.5 Å². The van der Waals surface area contributed by atoms with Crippen molar-refractivity contribution in [3.05, 3.63) is 58.9 Å². The highest BCUT2D eigenvalue weighted by Gasteiger charge is 2.05. The van der Waals surface area contributed by atoms with Crippen LogP contribution in [0.5, 0.6) is 0 Å². The molecule has 0 amide bonds. The van der Waals surface area contributed by atoms with Gasteiger partial charge < -0.3 is 5.32 Å². The molecular weight excluding hydrogens is 281 g/mol. The molecule has 2 rings (SSSR count). The van der Waals surface area contributed by atoms with E-state index in [1.54, 1.807) is 23.9 Å². The van der Waals surface area contributed by atoms with E-state index >= 15 is 0 Å². The Morgan fingerprint density at radius 1 is 1.16 bits per heavy atom. The topological polar surface area (TPSA) is 12.0 Å². The first-order valence-corrected chi connectivity index (χ1v) is 7.31. The van der Waals surface area contributed by atoms with Gasteiger partial charge in [-0.3, -0.25) is 0 Å². The minimum atomic E-state index is -0.219. The highest BCUT2D eigenvalue weighted by molar-refractivity contribution is 7.99. The maximum absolute atomic E-state index is 12.9. The molecule has 100 valence electrons. The maximum atomic E-state index is 12.9. The van der Waals surface area contributed by atoms with Crippen LogP contribution in [-0.4, -0.2) is 6.54 Å². The van der Waals surface area contributed by atoms with Crippen molar-refractivity contribution in [1.29, 1.82) is 0 Å². The number of halogens is 2. The number of hydrogen-bond acceptors (Lipinski definition) is 2. The van der Waals surface area contributed by atoms with E-state index in [0.717, 1.165) is 22.9 Å². The average Bonchev–Trinajstić information content (AvgIpc) is 2.40. The Balaban J connectivity index is 2.22. The van der Waals surface area contributed by atoms with E-state index < -0.39 is 0 Å². The van der Waals surface area contributed by atoms with Gasteiger partial charge in [0.1, 0.15) is 5.82 Å². The van der Waals surface area contributed by atoms with E-state index in [1.807, 2.05) is 18.2 Å². The average molecular weight is 296 g/mol. The smallest absolute Gasteiger partial charge is 0.123 e. The van der Waals surface area contributed by atoms with Crippen molar-refractivity contribution in [2.24, 2.45) is 0 Å². The zero-order valence-electron chi connectivity index (χ0n) is 10.6. The number of rotatable bonds is 5. The van der Waals surface area contributed by atoms with Gasteiger partial charge in [0.25, 0.3) is 0 Å². The van der Waals surface area contributed by atoms with Crippen molar-refractivity contribution in [2.75, 3.05) is 6.54 Å². The standard InChI is InChI=1S/C15H15ClFNS/c1-2-18-10-11-3-4-12(16)9-15(11)19-14-7-5-13(17)6-8-14/h3-9,18H,2,10H2,1H3. The molecule has 4 heteroatoms. The molecular formula is C15H15ClFNS. The summed E-state index contributed by atoms with van der Waals surface area (Å²) < 4.78 is 12.9. The first kappa shape index (κ1) is 14.4. The van der Waals surface area contributed by atoms with Crippen molar-refractivity contribution in [1.82, 2.24) is 5.32 Å². The van der Waals surface area contributed by atoms with Crippen LogP contribution < -0.4 is 5.32 Å². The number of hydrogen-bond donors (Lipinski definition) is 1. The Morgan fingerprint density at radius 2 is 1.89 bits per heavy atom. The molecule has 0 aliphatic carbocycles. The van der Waals surface area contributed by atoms with E-state index in [9.17, 15) is 4.39 Å². The van der Waals surface area contributed by atoms with Crippen LogP contribution in [0.2, 0.25) is 5.02 Å². The summed E-state index contributed by atoms with van der Waals surface area (Å²) in [4.78, 5) is 2.10. The van der Waals surface area contributed by atoms with Crippen molar-refractivity contribution in [3.8, 4) is 0 Å². The van der Waals surface area contributed by atoms with Gasteiger partial charge in [-0.1, -0.05) is 36.4 Å². The molecule has 2 aromatic carbocycles. The van der Waals surface area contributed by atoms with E-state index in [-0.39, 0.29) is 5.82 Å². The fourth-order valence-corrected chi connectivity index (χ4v) is 2.88. The summed E-state index contributed by atoms with van der Waals surface area (Å²) in [5.74, 6) is -0.219. The predicted octanol–water partition coefficient (Wildman–Crippen LogP) is 4.74. The maximum Gasteiger partial charge on any atom is 0.123 e. The molecule has 0 bridgehead atoms. The van der Waals surface area contributed by atoms with Crippen LogP contribution in [-0.2, 0) is 6.54 Å². The Labute approximate surface area is 122 Å². The molecule has 0 heterocycles. The lowest BCUT2D eigenvalue weighted by Crippen LogP contribution is -2.12. The third-order valence-corrected chi connectivity index (χ3v) is 3.98. The second kappa shape index (κ2) is 6.94. The highest BCUT2D eigenvalue weighted by Crippen LogP contribution is 2.32. The lowest BCUT2D eigenvalue weighted by atomic mass is 10.2. The van der Waals surface area contributed by atoms with Crippen molar-refractivity contribution < 1.29 is 4.39 Å². The van der Waals surface area contributed by atoms with Gasteiger partial charge in [0.15, 0.2) is 0 Å². The van der Waals surface area contributed by atoms with Gasteiger partial charge >= 0.3 is 0 Å². The zero-order chi connectivity index (χ0) is 13.7. The lowest BCUT2D eigenvalue weighted by molar-refractivity contribution is 0.626. The molecule has 1 nitrogen and oxygen atoms in total. The van der Waals surface area contributed by atoms with Crippen LogP contribution in [0.15, 0.2) is 52.3 Å². The highest BCUT2D eigenvalue weighted by atomic mass is 35.5. The molecule has 0 aliphatic rings. The molecule has 0 aromatic heterocycles. The second-order valence-corrected chi connectivity index (χ2v) is 5.64. The Hall–Kier alpha value is -1.03. The summed E-state index contributed by atoms with van der Waals surface area (Å²) >= 11 is 7.64. The molecule has 0 aliphatic heterocycles. The van der Waals surface area contributed by atoms with Crippen LogP contribution in [0.4, 0.5) is 4.39 Å². The summed E-state index contributed by atoms with van der Waals surface area (Å²) in [6, 6.07) is 12.4. The van der Waals surface area contributed by atoms with Crippen molar-refractivity contribution >= 4 is 23.4 Å². The third-order valence-electron chi connectivity index (χ3n) is 2.64. The summed E-state index contributed by atoms with van der Waals surface area (Å²) in [6.45, 7) is 3.79. The Bertz CT molecular complexity index is 542. The monoisotopic (exact) mass is 295 g/mol. The fourth-order valence-electron chi connectivity index (χ4n) is 1.66. The molecule has 0 saturated heterocycles. The summed E-state index contributed by atoms with van der Waals surface area (Å²) in [6.07, 6.45) is 0.